The van der Waals surface area contributed by atoms with Crippen LogP contribution in [0.3, 0.4) is 0 Å². The highest BCUT2D eigenvalue weighted by Gasteiger charge is 2.67. The number of carbonyl (C=O) groups excluding carboxylic acids is 3. The molecule has 1 aliphatic carbocycles. The summed E-state index contributed by atoms with van der Waals surface area (Å²) in [5.74, 6) is -1.28. The summed E-state index contributed by atoms with van der Waals surface area (Å²) in [7, 11) is 0. The fourth-order valence-electron chi connectivity index (χ4n) is 3.82. The van der Waals surface area contributed by atoms with Gasteiger partial charge in [0.25, 0.3) is 6.29 Å². The molecule has 0 aromatic carbocycles. The highest BCUT2D eigenvalue weighted by Crippen LogP contribution is 2.54. The number of hydrogen-bond donors (Lipinski definition) is 0. The second-order valence-electron chi connectivity index (χ2n) is 8.87. The highest BCUT2D eigenvalue weighted by atomic mass is 16.7. The molecule has 0 N–H and O–H groups in total. The van der Waals surface area contributed by atoms with Gasteiger partial charge in [0.15, 0.2) is 6.10 Å². The predicted molar refractivity (Wildman–Crippen MR) is 105 cm³/mol. The van der Waals surface area contributed by atoms with Gasteiger partial charge in [-0.3, -0.25) is 14.4 Å². The normalized spacial score (nSPS) is 29.1. The van der Waals surface area contributed by atoms with Crippen LogP contribution in [0.15, 0.2) is 23.5 Å². The minimum absolute atomic E-state index is 0.00701. The van der Waals surface area contributed by atoms with Crippen LogP contribution in [0.2, 0.25) is 0 Å². The zero-order valence-corrected chi connectivity index (χ0v) is 18.1. The van der Waals surface area contributed by atoms with Gasteiger partial charge < -0.3 is 23.7 Å². The average Bonchev–Trinajstić information content (AvgIpc) is 3.33. The van der Waals surface area contributed by atoms with E-state index in [1.54, 1.807) is 6.08 Å². The maximum Gasteiger partial charge on any atom is 0.309 e. The van der Waals surface area contributed by atoms with Crippen LogP contribution in [-0.4, -0.2) is 49.1 Å². The summed E-state index contributed by atoms with van der Waals surface area (Å²) in [5.41, 5.74) is 0.550. The first-order valence-electron chi connectivity index (χ1n) is 10.3. The number of carbonyl (C=O) groups is 3. The van der Waals surface area contributed by atoms with Crippen molar-refractivity contribution in [3.8, 4) is 0 Å². The molecule has 4 atom stereocenters. The van der Waals surface area contributed by atoms with Crippen LogP contribution >= 0.6 is 0 Å². The minimum atomic E-state index is -0.903. The molecule has 8 heteroatoms. The van der Waals surface area contributed by atoms with Crippen molar-refractivity contribution in [1.29, 1.82) is 0 Å². The van der Waals surface area contributed by atoms with Crippen molar-refractivity contribution in [2.75, 3.05) is 13.2 Å². The Hall–Kier alpha value is -2.35. The van der Waals surface area contributed by atoms with Crippen molar-refractivity contribution in [1.82, 2.24) is 0 Å². The van der Waals surface area contributed by atoms with E-state index in [9.17, 15) is 14.4 Å². The summed E-state index contributed by atoms with van der Waals surface area (Å²) in [4.78, 5) is 35.9. The van der Waals surface area contributed by atoms with Crippen molar-refractivity contribution in [3.05, 3.63) is 23.5 Å². The third kappa shape index (κ3) is 4.86. The molecule has 2 heterocycles. The van der Waals surface area contributed by atoms with Crippen LogP contribution in [0.1, 0.15) is 47.5 Å². The molecule has 1 saturated heterocycles. The molecule has 0 saturated carbocycles. The molecule has 3 rings (SSSR count). The van der Waals surface area contributed by atoms with Gasteiger partial charge in [-0.05, 0) is 23.5 Å². The summed E-state index contributed by atoms with van der Waals surface area (Å²) in [6.07, 6.45) is 2.26. The first kappa shape index (κ1) is 22.3. The SMILES string of the molecule is CC(=O)OCC1=CO[C@@H](OC(=O)CC(C)C)[C@H]2C1=C[C@H](OC(=O)CC(C)C)[C@@]21CO1. The number of fused-ring (bicyclic) bond motifs is 2. The zero-order chi connectivity index (χ0) is 22.1. The average molecular weight is 422 g/mol. The molecule has 166 valence electrons. The van der Waals surface area contributed by atoms with E-state index in [0.29, 0.717) is 18.6 Å². The molecule has 1 fully saturated rings. The van der Waals surface area contributed by atoms with E-state index in [1.807, 2.05) is 27.7 Å². The minimum Gasteiger partial charge on any atom is -0.461 e. The van der Waals surface area contributed by atoms with Crippen molar-refractivity contribution < 1.29 is 38.1 Å². The molecular formula is C22H30O8. The lowest BCUT2D eigenvalue weighted by Gasteiger charge is -2.33. The maximum absolute atomic E-state index is 12.3. The second kappa shape index (κ2) is 8.79. The van der Waals surface area contributed by atoms with E-state index in [-0.39, 0.29) is 36.8 Å². The Balaban J connectivity index is 1.83. The van der Waals surface area contributed by atoms with E-state index in [4.69, 9.17) is 23.7 Å². The molecule has 2 aliphatic heterocycles. The fourth-order valence-corrected chi connectivity index (χ4v) is 3.82. The van der Waals surface area contributed by atoms with Crippen molar-refractivity contribution >= 4 is 17.9 Å². The summed E-state index contributed by atoms with van der Waals surface area (Å²) in [6.45, 7) is 9.41. The topological polar surface area (TPSA) is 101 Å². The fraction of sp³-hybridized carbons (Fsp3) is 0.682. The Labute approximate surface area is 176 Å². The molecular weight excluding hydrogens is 392 g/mol. The lowest BCUT2D eigenvalue weighted by Crippen LogP contribution is -2.44. The van der Waals surface area contributed by atoms with Gasteiger partial charge in [0.1, 0.15) is 12.2 Å². The van der Waals surface area contributed by atoms with Crippen LogP contribution in [0.25, 0.3) is 0 Å². The number of hydrogen-bond acceptors (Lipinski definition) is 8. The number of rotatable bonds is 8. The Kier molecular flexibility index (Phi) is 6.55. The van der Waals surface area contributed by atoms with E-state index in [1.165, 1.54) is 13.2 Å². The van der Waals surface area contributed by atoms with Crippen LogP contribution in [0, 0.1) is 17.8 Å². The summed E-state index contributed by atoms with van der Waals surface area (Å²) in [6, 6.07) is 0. The van der Waals surface area contributed by atoms with Gasteiger partial charge in [-0.2, -0.15) is 0 Å². The molecule has 0 unspecified atom stereocenters. The Morgan fingerprint density at radius 2 is 1.70 bits per heavy atom. The van der Waals surface area contributed by atoms with E-state index >= 15 is 0 Å². The first-order chi connectivity index (χ1) is 14.1. The highest BCUT2D eigenvalue weighted by molar-refractivity contribution is 5.71. The predicted octanol–water partition coefficient (Wildman–Crippen LogP) is 2.66. The third-order valence-electron chi connectivity index (χ3n) is 5.23. The summed E-state index contributed by atoms with van der Waals surface area (Å²) < 4.78 is 28.0. The molecule has 0 aromatic rings. The van der Waals surface area contributed by atoms with Gasteiger partial charge in [-0.25, -0.2) is 0 Å². The molecule has 0 radical (unpaired) electrons. The van der Waals surface area contributed by atoms with Crippen molar-refractivity contribution in [3.63, 3.8) is 0 Å². The van der Waals surface area contributed by atoms with Gasteiger partial charge >= 0.3 is 17.9 Å². The smallest absolute Gasteiger partial charge is 0.309 e. The molecule has 8 nitrogen and oxygen atoms in total. The van der Waals surface area contributed by atoms with Gasteiger partial charge in [0.05, 0.1) is 18.8 Å². The lowest BCUT2D eigenvalue weighted by molar-refractivity contribution is -0.186. The number of ether oxygens (including phenoxy) is 5. The van der Waals surface area contributed by atoms with Gasteiger partial charge in [0, 0.05) is 25.3 Å². The summed E-state index contributed by atoms with van der Waals surface area (Å²) in [5, 5.41) is 0. The van der Waals surface area contributed by atoms with Crippen molar-refractivity contribution in [2.24, 2.45) is 17.8 Å². The zero-order valence-electron chi connectivity index (χ0n) is 18.1. The van der Waals surface area contributed by atoms with Gasteiger partial charge in [-0.1, -0.05) is 27.7 Å². The third-order valence-corrected chi connectivity index (χ3v) is 5.23. The van der Waals surface area contributed by atoms with Gasteiger partial charge in [-0.15, -0.1) is 0 Å². The van der Waals surface area contributed by atoms with Crippen LogP contribution < -0.4 is 0 Å². The maximum atomic E-state index is 12.3. The van der Waals surface area contributed by atoms with Crippen LogP contribution in [0.4, 0.5) is 0 Å². The largest absolute Gasteiger partial charge is 0.461 e. The molecule has 0 amide bonds. The van der Waals surface area contributed by atoms with E-state index in [2.05, 4.69) is 0 Å². The lowest BCUT2D eigenvalue weighted by atomic mass is 9.85. The molecule has 30 heavy (non-hydrogen) atoms. The first-order valence-corrected chi connectivity index (χ1v) is 10.3. The molecule has 0 bridgehead atoms. The van der Waals surface area contributed by atoms with E-state index < -0.39 is 29.9 Å². The molecule has 3 aliphatic rings. The molecule has 1 spiro atoms. The second-order valence-corrected chi connectivity index (χ2v) is 8.87. The Morgan fingerprint density at radius 3 is 2.23 bits per heavy atom. The quantitative estimate of drug-likeness (QED) is 0.334. The Bertz CT molecular complexity index is 759. The number of esters is 3. The standard InChI is InChI=1S/C22H30O8/c1-12(2)6-18(24)29-17-8-16-15(9-26-14(5)23)10-27-21(20(16)22(17)11-28-22)30-19(25)7-13(3)4/h8,10,12-13,17,20-21H,6-7,9,11H2,1-5H3/t17-,20+,21-,22-/m0/s1. The number of epoxide rings is 1. The van der Waals surface area contributed by atoms with Gasteiger partial charge in [0.2, 0.25) is 0 Å². The van der Waals surface area contributed by atoms with Crippen LogP contribution in [0.5, 0.6) is 0 Å². The van der Waals surface area contributed by atoms with Crippen LogP contribution in [-0.2, 0) is 38.1 Å². The monoisotopic (exact) mass is 422 g/mol. The molecule has 0 aromatic heterocycles. The van der Waals surface area contributed by atoms with E-state index in [0.717, 1.165) is 5.57 Å². The Morgan fingerprint density at radius 1 is 1.10 bits per heavy atom. The van der Waals surface area contributed by atoms with Crippen molar-refractivity contribution in [2.45, 2.75) is 65.5 Å². The summed E-state index contributed by atoms with van der Waals surface area (Å²) >= 11 is 0.